The van der Waals surface area contributed by atoms with E-state index < -0.39 is 0 Å². The summed E-state index contributed by atoms with van der Waals surface area (Å²) in [5.41, 5.74) is 3.43. The van der Waals surface area contributed by atoms with Crippen LogP contribution >= 0.6 is 0 Å². The molecular weight excluding hydrogens is 327 g/mol. The number of benzene rings is 2. The smallest absolute Gasteiger partial charge is 0.244 e. The first-order chi connectivity index (χ1) is 12.6. The van der Waals surface area contributed by atoms with Gasteiger partial charge >= 0.3 is 0 Å². The molecule has 1 atom stereocenters. The molecule has 4 heteroatoms. The Labute approximate surface area is 152 Å². The molecule has 3 aromatic rings. The topological polar surface area (TPSA) is 42.0 Å². The highest BCUT2D eigenvalue weighted by atomic mass is 19.1. The van der Waals surface area contributed by atoms with E-state index in [9.17, 15) is 9.18 Å². The second kappa shape index (κ2) is 8.21. The summed E-state index contributed by atoms with van der Waals surface area (Å²) >= 11 is 0. The molecule has 0 radical (unpaired) electrons. The Morgan fingerprint density at radius 2 is 1.88 bits per heavy atom. The quantitative estimate of drug-likeness (QED) is 0.676. The van der Waals surface area contributed by atoms with Gasteiger partial charge in [0.05, 0.1) is 6.04 Å². The van der Waals surface area contributed by atoms with E-state index in [1.54, 1.807) is 30.6 Å². The molecule has 0 aliphatic rings. The van der Waals surface area contributed by atoms with E-state index in [4.69, 9.17) is 0 Å². The summed E-state index contributed by atoms with van der Waals surface area (Å²) in [6.45, 7) is 1.91. The number of amides is 1. The highest BCUT2D eigenvalue weighted by Gasteiger charge is 2.09. The minimum atomic E-state index is -0.353. The molecule has 1 aromatic heterocycles. The Balaban J connectivity index is 1.69. The molecule has 0 saturated carbocycles. The standard InChI is InChI=1S/C22H19FN2O/c1-16(25-22(26)12-11-17-6-2-3-10-21(17)23)18-7-4-8-19(14-18)20-9-5-13-24-15-20/h2-16H,1H3,(H,25,26)/t16-/m0/s1. The molecule has 3 nitrogen and oxygen atoms in total. The van der Waals surface area contributed by atoms with E-state index in [2.05, 4.69) is 10.3 Å². The zero-order valence-corrected chi connectivity index (χ0v) is 14.4. The van der Waals surface area contributed by atoms with Crippen molar-refractivity contribution >= 4 is 12.0 Å². The first-order valence-electron chi connectivity index (χ1n) is 8.37. The van der Waals surface area contributed by atoms with E-state index in [1.807, 2.05) is 43.3 Å². The van der Waals surface area contributed by atoms with Gasteiger partial charge in [0, 0.05) is 24.0 Å². The lowest BCUT2D eigenvalue weighted by Gasteiger charge is -2.14. The van der Waals surface area contributed by atoms with Gasteiger partial charge in [0.25, 0.3) is 0 Å². The predicted octanol–water partition coefficient (Wildman–Crippen LogP) is 4.78. The first-order valence-corrected chi connectivity index (χ1v) is 8.37. The summed E-state index contributed by atoms with van der Waals surface area (Å²) in [6.07, 6.45) is 6.36. The van der Waals surface area contributed by atoms with Crippen molar-refractivity contribution in [3.05, 3.63) is 96.1 Å². The van der Waals surface area contributed by atoms with Crippen molar-refractivity contribution in [3.8, 4) is 11.1 Å². The molecule has 0 aliphatic heterocycles. The Morgan fingerprint density at radius 1 is 1.08 bits per heavy atom. The van der Waals surface area contributed by atoms with Gasteiger partial charge in [-0.2, -0.15) is 0 Å². The van der Waals surface area contributed by atoms with Gasteiger partial charge in [0.1, 0.15) is 5.82 Å². The lowest BCUT2D eigenvalue weighted by molar-refractivity contribution is -0.117. The molecule has 1 amide bonds. The Bertz CT molecular complexity index is 922. The van der Waals surface area contributed by atoms with Crippen LogP contribution in [0.4, 0.5) is 4.39 Å². The Hall–Kier alpha value is -3.27. The van der Waals surface area contributed by atoms with Crippen molar-refractivity contribution in [2.24, 2.45) is 0 Å². The molecule has 0 spiro atoms. The maximum atomic E-state index is 13.6. The predicted molar refractivity (Wildman–Crippen MR) is 102 cm³/mol. The number of nitrogens with one attached hydrogen (secondary N) is 1. The third kappa shape index (κ3) is 4.42. The zero-order chi connectivity index (χ0) is 18.4. The average Bonchev–Trinajstić information content (AvgIpc) is 2.68. The van der Waals surface area contributed by atoms with Crippen molar-refractivity contribution in [2.75, 3.05) is 0 Å². The molecule has 26 heavy (non-hydrogen) atoms. The van der Waals surface area contributed by atoms with E-state index in [-0.39, 0.29) is 17.8 Å². The lowest BCUT2D eigenvalue weighted by atomic mass is 10.0. The fourth-order valence-electron chi connectivity index (χ4n) is 2.64. The number of nitrogens with zero attached hydrogens (tertiary/aromatic N) is 1. The third-order valence-corrected chi connectivity index (χ3v) is 4.06. The van der Waals surface area contributed by atoms with Crippen LogP contribution in [0.5, 0.6) is 0 Å². The molecule has 2 aromatic carbocycles. The number of hydrogen-bond donors (Lipinski definition) is 1. The number of rotatable bonds is 5. The summed E-state index contributed by atoms with van der Waals surface area (Å²) in [7, 11) is 0. The minimum Gasteiger partial charge on any atom is -0.346 e. The lowest BCUT2D eigenvalue weighted by Crippen LogP contribution is -2.24. The van der Waals surface area contributed by atoms with Crippen molar-refractivity contribution in [3.63, 3.8) is 0 Å². The normalized spacial score (nSPS) is 12.1. The van der Waals surface area contributed by atoms with Crippen LogP contribution in [0, 0.1) is 5.82 Å². The van der Waals surface area contributed by atoms with Crippen LogP contribution < -0.4 is 5.32 Å². The molecule has 0 bridgehead atoms. The molecule has 3 rings (SSSR count). The van der Waals surface area contributed by atoms with E-state index in [1.165, 1.54) is 18.2 Å². The molecule has 130 valence electrons. The zero-order valence-electron chi connectivity index (χ0n) is 14.4. The summed E-state index contributed by atoms with van der Waals surface area (Å²) in [5.74, 6) is -0.624. The monoisotopic (exact) mass is 346 g/mol. The first kappa shape index (κ1) is 17.5. The van der Waals surface area contributed by atoms with Gasteiger partial charge in [-0.25, -0.2) is 4.39 Å². The molecule has 0 unspecified atom stereocenters. The van der Waals surface area contributed by atoms with Crippen molar-refractivity contribution in [1.82, 2.24) is 10.3 Å². The van der Waals surface area contributed by atoms with Gasteiger partial charge in [-0.3, -0.25) is 9.78 Å². The molecule has 1 heterocycles. The van der Waals surface area contributed by atoms with Crippen molar-refractivity contribution < 1.29 is 9.18 Å². The van der Waals surface area contributed by atoms with Crippen LogP contribution in [0.3, 0.4) is 0 Å². The summed E-state index contributed by atoms with van der Waals surface area (Å²) in [4.78, 5) is 16.3. The average molecular weight is 346 g/mol. The van der Waals surface area contributed by atoms with Crippen molar-refractivity contribution in [1.29, 1.82) is 0 Å². The van der Waals surface area contributed by atoms with Crippen LogP contribution in [0.2, 0.25) is 0 Å². The van der Waals surface area contributed by atoms with Crippen LogP contribution in [-0.2, 0) is 4.79 Å². The van der Waals surface area contributed by atoms with Gasteiger partial charge in [-0.15, -0.1) is 0 Å². The third-order valence-electron chi connectivity index (χ3n) is 4.06. The Morgan fingerprint density at radius 3 is 2.65 bits per heavy atom. The number of halogens is 1. The number of hydrogen-bond acceptors (Lipinski definition) is 2. The maximum absolute atomic E-state index is 13.6. The number of pyridine rings is 1. The second-order valence-electron chi connectivity index (χ2n) is 5.95. The summed E-state index contributed by atoms with van der Waals surface area (Å²) < 4.78 is 13.6. The number of carbonyl (C=O) groups excluding carboxylic acids is 1. The van der Waals surface area contributed by atoms with E-state index >= 15 is 0 Å². The largest absolute Gasteiger partial charge is 0.346 e. The summed E-state index contributed by atoms with van der Waals surface area (Å²) in [6, 6.07) is 18.0. The van der Waals surface area contributed by atoms with Crippen LogP contribution in [-0.4, -0.2) is 10.9 Å². The molecule has 0 aliphatic carbocycles. The fourth-order valence-corrected chi connectivity index (χ4v) is 2.64. The number of carbonyl (C=O) groups is 1. The van der Waals surface area contributed by atoms with Gasteiger partial charge in [0.15, 0.2) is 0 Å². The van der Waals surface area contributed by atoms with Crippen molar-refractivity contribution in [2.45, 2.75) is 13.0 Å². The molecule has 1 N–H and O–H groups in total. The highest BCUT2D eigenvalue weighted by Crippen LogP contribution is 2.22. The minimum absolute atomic E-state index is 0.176. The van der Waals surface area contributed by atoms with Gasteiger partial charge in [0.2, 0.25) is 5.91 Å². The maximum Gasteiger partial charge on any atom is 0.244 e. The Kier molecular flexibility index (Phi) is 5.54. The van der Waals surface area contributed by atoms with Crippen LogP contribution in [0.25, 0.3) is 17.2 Å². The fraction of sp³-hybridized carbons (Fsp3) is 0.0909. The van der Waals surface area contributed by atoms with Gasteiger partial charge in [-0.05, 0) is 47.9 Å². The van der Waals surface area contributed by atoms with Crippen LogP contribution in [0.15, 0.2) is 79.1 Å². The van der Waals surface area contributed by atoms with E-state index in [0.29, 0.717) is 5.56 Å². The molecule has 0 fully saturated rings. The highest BCUT2D eigenvalue weighted by molar-refractivity contribution is 5.92. The number of aromatic nitrogens is 1. The summed E-state index contributed by atoms with van der Waals surface area (Å²) in [5, 5.41) is 2.90. The molecule has 0 saturated heterocycles. The van der Waals surface area contributed by atoms with E-state index in [0.717, 1.165) is 16.7 Å². The van der Waals surface area contributed by atoms with Gasteiger partial charge in [-0.1, -0.05) is 42.5 Å². The molecular formula is C22H19FN2O. The SMILES string of the molecule is C[C@H](NC(=O)C=Cc1ccccc1F)c1cccc(-c2cccnc2)c1. The van der Waals surface area contributed by atoms with Crippen LogP contribution in [0.1, 0.15) is 24.1 Å². The second-order valence-corrected chi connectivity index (χ2v) is 5.95. The van der Waals surface area contributed by atoms with Gasteiger partial charge < -0.3 is 5.32 Å².